The molecule has 1 aromatic heterocycles. The zero-order valence-electron chi connectivity index (χ0n) is 13.3. The minimum absolute atomic E-state index is 0.108. The Morgan fingerprint density at radius 2 is 2.25 bits per heavy atom. The van der Waals surface area contributed by atoms with Gasteiger partial charge in [0, 0.05) is 12.3 Å². The Balaban J connectivity index is 2.16. The highest BCUT2D eigenvalue weighted by molar-refractivity contribution is 5.91. The third kappa shape index (κ3) is 3.09. The number of rotatable bonds is 1. The van der Waals surface area contributed by atoms with Crippen molar-refractivity contribution in [3.63, 3.8) is 0 Å². The zero-order valence-corrected chi connectivity index (χ0v) is 13.3. The van der Waals surface area contributed by atoms with Crippen LogP contribution in [-0.2, 0) is 6.54 Å². The lowest BCUT2D eigenvalue weighted by Gasteiger charge is -2.09. The second-order valence-electron chi connectivity index (χ2n) is 5.99. The molecule has 1 amide bonds. The quantitative estimate of drug-likeness (QED) is 0.772. The first kappa shape index (κ1) is 16.0. The van der Waals surface area contributed by atoms with Crippen LogP contribution in [0.25, 0.3) is 11.4 Å². The Labute approximate surface area is 138 Å². The molecule has 0 bridgehead atoms. The summed E-state index contributed by atoms with van der Waals surface area (Å²) in [7, 11) is 0. The van der Waals surface area contributed by atoms with Crippen molar-refractivity contribution in [1.82, 2.24) is 9.55 Å². The predicted octanol–water partition coefficient (Wildman–Crippen LogP) is 1.30. The predicted molar refractivity (Wildman–Crippen MR) is 84.8 cm³/mol. The Morgan fingerprint density at radius 1 is 1.50 bits per heavy atom. The summed E-state index contributed by atoms with van der Waals surface area (Å²) >= 11 is 0. The monoisotopic (exact) mass is 329 g/mol. The summed E-state index contributed by atoms with van der Waals surface area (Å²) in [5, 5.41) is 9.69. The molecule has 0 radical (unpaired) electrons. The molecule has 0 saturated heterocycles. The summed E-state index contributed by atoms with van der Waals surface area (Å²) in [6.45, 7) is 3.78. The number of carbonyl (C=O) groups excluding carboxylic acids is 1. The van der Waals surface area contributed by atoms with E-state index in [4.69, 9.17) is 10.5 Å². The van der Waals surface area contributed by atoms with E-state index in [-0.39, 0.29) is 11.3 Å². The van der Waals surface area contributed by atoms with Gasteiger partial charge in [-0.15, -0.1) is 0 Å². The van der Waals surface area contributed by atoms with Crippen molar-refractivity contribution in [2.75, 3.05) is 6.61 Å². The molecule has 0 fully saturated rings. The Hall–Kier alpha value is -2.85. The molecule has 24 heavy (non-hydrogen) atoms. The van der Waals surface area contributed by atoms with Crippen molar-refractivity contribution in [2.24, 2.45) is 5.73 Å². The molecule has 0 atom stereocenters. The Morgan fingerprint density at radius 3 is 2.92 bits per heavy atom. The van der Waals surface area contributed by atoms with Crippen molar-refractivity contribution in [1.29, 1.82) is 0 Å². The van der Waals surface area contributed by atoms with Gasteiger partial charge in [0.2, 0.25) is 0 Å². The molecule has 0 unspecified atom stereocenters. The second kappa shape index (κ2) is 5.65. The summed E-state index contributed by atoms with van der Waals surface area (Å²) < 4.78 is 21.5. The van der Waals surface area contributed by atoms with Crippen LogP contribution in [0.15, 0.2) is 18.3 Å². The molecule has 2 heterocycles. The lowest BCUT2D eigenvalue weighted by Crippen LogP contribution is -2.14. The maximum Gasteiger partial charge on any atom is 0.268 e. The Kier molecular flexibility index (Phi) is 3.78. The summed E-state index contributed by atoms with van der Waals surface area (Å²) in [6, 6.07) is 2.73. The molecule has 1 aliphatic rings. The number of nitrogens with two attached hydrogens (primary N) is 1. The molecule has 0 saturated carbocycles. The number of hydrogen-bond acceptors (Lipinski definition) is 4. The van der Waals surface area contributed by atoms with Gasteiger partial charge < -0.3 is 20.1 Å². The van der Waals surface area contributed by atoms with E-state index >= 15 is 0 Å². The normalized spacial score (nSPS) is 13.0. The number of imidazole rings is 1. The van der Waals surface area contributed by atoms with Gasteiger partial charge in [0.1, 0.15) is 35.3 Å². The van der Waals surface area contributed by atoms with Crippen LogP contribution >= 0.6 is 0 Å². The van der Waals surface area contributed by atoms with Gasteiger partial charge >= 0.3 is 0 Å². The van der Waals surface area contributed by atoms with Gasteiger partial charge in [0.15, 0.2) is 0 Å². The molecular formula is C17H16FN3O3. The topological polar surface area (TPSA) is 90.4 Å². The van der Waals surface area contributed by atoms with Crippen LogP contribution in [0.2, 0.25) is 0 Å². The number of hydrogen-bond donors (Lipinski definition) is 2. The van der Waals surface area contributed by atoms with Crippen molar-refractivity contribution < 1.29 is 19.0 Å². The first-order valence-corrected chi connectivity index (χ1v) is 7.34. The van der Waals surface area contributed by atoms with Crippen LogP contribution in [0.4, 0.5) is 4.39 Å². The van der Waals surface area contributed by atoms with Crippen molar-refractivity contribution in [3.05, 3.63) is 35.4 Å². The standard InChI is InChI=1S/C17H16FN3O3/c1-17(2,23)4-3-10-7-11-14(8-12(10)18)24-6-5-21-9-13(15(19)22)20-16(11)21/h7-9,23H,5-6H2,1-2H3,(H2,19,22). The molecule has 0 spiro atoms. The third-order valence-corrected chi connectivity index (χ3v) is 3.43. The van der Waals surface area contributed by atoms with Crippen LogP contribution < -0.4 is 10.5 Å². The number of primary amides is 1. The summed E-state index contributed by atoms with van der Waals surface area (Å²) in [5.74, 6) is 4.79. The molecule has 0 aliphatic carbocycles. The van der Waals surface area contributed by atoms with Gasteiger partial charge in [-0.05, 0) is 19.9 Å². The number of carbonyl (C=O) groups is 1. The van der Waals surface area contributed by atoms with Gasteiger partial charge in [-0.25, -0.2) is 9.37 Å². The van der Waals surface area contributed by atoms with Gasteiger partial charge in [0.25, 0.3) is 5.91 Å². The summed E-state index contributed by atoms with van der Waals surface area (Å²) in [4.78, 5) is 15.6. The number of aliphatic hydroxyl groups is 1. The molecule has 1 aromatic carbocycles. The average molecular weight is 329 g/mol. The second-order valence-corrected chi connectivity index (χ2v) is 5.99. The smallest absolute Gasteiger partial charge is 0.268 e. The number of amides is 1. The Bertz CT molecular complexity index is 885. The van der Waals surface area contributed by atoms with Crippen LogP contribution in [-0.4, -0.2) is 32.8 Å². The molecule has 7 heteroatoms. The van der Waals surface area contributed by atoms with E-state index in [0.717, 1.165) is 0 Å². The molecule has 3 rings (SSSR count). The van der Waals surface area contributed by atoms with Crippen LogP contribution in [0.1, 0.15) is 29.9 Å². The van der Waals surface area contributed by atoms with E-state index in [0.29, 0.717) is 30.3 Å². The maximum absolute atomic E-state index is 14.2. The fraction of sp³-hybridized carbons (Fsp3) is 0.294. The van der Waals surface area contributed by atoms with Crippen LogP contribution in [0.3, 0.4) is 0 Å². The third-order valence-electron chi connectivity index (χ3n) is 3.43. The highest BCUT2D eigenvalue weighted by atomic mass is 19.1. The van der Waals surface area contributed by atoms with Gasteiger partial charge in [0.05, 0.1) is 17.7 Å². The number of ether oxygens (including phenoxy) is 1. The van der Waals surface area contributed by atoms with Gasteiger partial charge in [-0.1, -0.05) is 11.8 Å². The number of nitrogens with zero attached hydrogens (tertiary/aromatic N) is 2. The molecule has 6 nitrogen and oxygen atoms in total. The van der Waals surface area contributed by atoms with E-state index in [1.54, 1.807) is 10.8 Å². The molecule has 1 aliphatic heterocycles. The van der Waals surface area contributed by atoms with E-state index < -0.39 is 17.3 Å². The molecule has 3 N–H and O–H groups in total. The number of halogens is 1. The van der Waals surface area contributed by atoms with E-state index in [2.05, 4.69) is 16.8 Å². The number of aromatic nitrogens is 2. The average Bonchev–Trinajstić information content (AvgIpc) is 2.83. The van der Waals surface area contributed by atoms with E-state index in [1.165, 1.54) is 26.0 Å². The SMILES string of the molecule is CC(C)(O)C#Cc1cc2c(cc1F)OCCn1cc(C(N)=O)nc1-2. The molecule has 2 aromatic rings. The van der Waals surface area contributed by atoms with Crippen LogP contribution in [0, 0.1) is 17.7 Å². The largest absolute Gasteiger partial charge is 0.491 e. The minimum atomic E-state index is -1.24. The van der Waals surface area contributed by atoms with Crippen molar-refractivity contribution in [3.8, 4) is 29.0 Å². The molecule has 124 valence electrons. The van der Waals surface area contributed by atoms with Crippen LogP contribution in [0.5, 0.6) is 5.75 Å². The van der Waals surface area contributed by atoms with Crippen molar-refractivity contribution >= 4 is 5.91 Å². The van der Waals surface area contributed by atoms with Gasteiger partial charge in [-0.3, -0.25) is 4.79 Å². The first-order chi connectivity index (χ1) is 11.2. The minimum Gasteiger partial charge on any atom is -0.491 e. The van der Waals surface area contributed by atoms with E-state index in [1.807, 2.05) is 0 Å². The number of benzene rings is 1. The summed E-state index contributed by atoms with van der Waals surface area (Å²) in [6.07, 6.45) is 1.54. The number of fused-ring (bicyclic) bond motifs is 3. The zero-order chi connectivity index (χ0) is 17.5. The van der Waals surface area contributed by atoms with E-state index in [9.17, 15) is 14.3 Å². The lowest BCUT2D eigenvalue weighted by atomic mass is 10.1. The highest BCUT2D eigenvalue weighted by Gasteiger charge is 2.22. The fourth-order valence-corrected chi connectivity index (χ4v) is 2.34. The molecular weight excluding hydrogens is 313 g/mol. The highest BCUT2D eigenvalue weighted by Crippen LogP contribution is 2.34. The lowest BCUT2D eigenvalue weighted by molar-refractivity contribution is 0.0995. The maximum atomic E-state index is 14.2. The van der Waals surface area contributed by atoms with Gasteiger partial charge in [-0.2, -0.15) is 0 Å². The first-order valence-electron chi connectivity index (χ1n) is 7.34. The van der Waals surface area contributed by atoms with Crippen molar-refractivity contribution in [2.45, 2.75) is 26.0 Å². The summed E-state index contributed by atoms with van der Waals surface area (Å²) in [5.41, 5.74) is 4.79. The fourth-order valence-electron chi connectivity index (χ4n) is 2.34.